The number of halogens is 1. The van der Waals surface area contributed by atoms with Crippen molar-refractivity contribution in [2.24, 2.45) is 4.99 Å². The molecule has 9 nitrogen and oxygen atoms in total. The highest BCUT2D eigenvalue weighted by molar-refractivity contribution is 9.10. The molecular formula is C13H8BrN3O6. The summed E-state index contributed by atoms with van der Waals surface area (Å²) in [6, 6.07) is 5.75. The van der Waals surface area contributed by atoms with Crippen LogP contribution in [-0.4, -0.2) is 26.3 Å². The molecule has 0 fully saturated rings. The van der Waals surface area contributed by atoms with Gasteiger partial charge in [-0.1, -0.05) is 15.9 Å². The minimum absolute atomic E-state index is 0.0111. The Balaban J connectivity index is 2.47. The fourth-order valence-corrected chi connectivity index (χ4v) is 2.17. The number of hydrogen-bond acceptors (Lipinski definition) is 7. The van der Waals surface area contributed by atoms with Crippen LogP contribution in [0.25, 0.3) is 0 Å². The molecule has 0 aliphatic rings. The van der Waals surface area contributed by atoms with Gasteiger partial charge in [0.25, 0.3) is 5.69 Å². The van der Waals surface area contributed by atoms with Gasteiger partial charge in [0.2, 0.25) is 5.75 Å². The first kappa shape index (κ1) is 16.4. The number of aliphatic imine (C=N–C) groups is 1. The van der Waals surface area contributed by atoms with Crippen molar-refractivity contribution >= 4 is 39.2 Å². The quantitative estimate of drug-likeness (QED) is 0.472. The first-order valence-electron chi connectivity index (χ1n) is 5.98. The van der Waals surface area contributed by atoms with E-state index in [9.17, 15) is 30.4 Å². The number of non-ortho nitro benzene ring substituents is 1. The standard InChI is InChI=1S/C13H8BrN3O6/c14-8-3-7(13(19)11(4-8)17(22)23)6-15-10-5-9(16(20)21)1-2-12(10)18/h1-6,18-19H/b15-6+. The molecule has 0 saturated carbocycles. The van der Waals surface area contributed by atoms with E-state index in [1.807, 2.05) is 0 Å². The molecule has 0 saturated heterocycles. The topological polar surface area (TPSA) is 139 Å². The van der Waals surface area contributed by atoms with Crippen molar-refractivity contribution in [2.75, 3.05) is 0 Å². The zero-order valence-electron chi connectivity index (χ0n) is 11.2. The molecule has 23 heavy (non-hydrogen) atoms. The molecule has 2 aromatic carbocycles. The van der Waals surface area contributed by atoms with Crippen molar-refractivity contribution in [3.05, 3.63) is 60.6 Å². The number of nitro groups is 2. The molecule has 0 unspecified atom stereocenters. The largest absolute Gasteiger partial charge is 0.506 e. The third-order valence-electron chi connectivity index (χ3n) is 2.79. The Morgan fingerprint density at radius 3 is 2.39 bits per heavy atom. The maximum absolute atomic E-state index is 10.8. The minimum atomic E-state index is -0.762. The molecule has 0 heterocycles. The van der Waals surface area contributed by atoms with Gasteiger partial charge in [-0.15, -0.1) is 0 Å². The highest BCUT2D eigenvalue weighted by Crippen LogP contribution is 2.34. The number of nitro benzene ring substituents is 2. The second-order valence-corrected chi connectivity index (χ2v) is 5.22. The predicted octanol–water partition coefficient (Wildman–Crippen LogP) is 3.43. The maximum atomic E-state index is 10.8. The number of aromatic hydroxyl groups is 2. The number of phenolic OH excluding ortho intramolecular Hbond substituents is 2. The SMILES string of the molecule is O=[N+]([O-])c1ccc(O)c(/N=C/c2cc(Br)cc([N+](=O)[O-])c2O)c1. The van der Waals surface area contributed by atoms with E-state index in [4.69, 9.17) is 0 Å². The van der Waals surface area contributed by atoms with Crippen LogP contribution in [0.5, 0.6) is 11.5 Å². The summed E-state index contributed by atoms with van der Waals surface area (Å²) in [4.78, 5) is 24.0. The average Bonchev–Trinajstić information content (AvgIpc) is 2.48. The van der Waals surface area contributed by atoms with Crippen LogP contribution in [0.2, 0.25) is 0 Å². The van der Waals surface area contributed by atoms with Crippen molar-refractivity contribution in [1.82, 2.24) is 0 Å². The van der Waals surface area contributed by atoms with Crippen molar-refractivity contribution in [3.8, 4) is 11.5 Å². The molecule has 118 valence electrons. The Labute approximate surface area is 137 Å². The first-order chi connectivity index (χ1) is 10.8. The summed E-state index contributed by atoms with van der Waals surface area (Å²) in [6.07, 6.45) is 1.06. The summed E-state index contributed by atoms with van der Waals surface area (Å²) in [7, 11) is 0. The van der Waals surface area contributed by atoms with Gasteiger partial charge in [-0.05, 0) is 12.1 Å². The Morgan fingerprint density at radius 1 is 1.09 bits per heavy atom. The lowest BCUT2D eigenvalue weighted by molar-refractivity contribution is -0.386. The summed E-state index contributed by atoms with van der Waals surface area (Å²) in [5.41, 5.74) is -0.901. The van der Waals surface area contributed by atoms with Gasteiger partial charge in [0.15, 0.2) is 0 Å². The molecule has 0 aliphatic carbocycles. The molecule has 2 aromatic rings. The predicted molar refractivity (Wildman–Crippen MR) is 84.5 cm³/mol. The Morgan fingerprint density at radius 2 is 1.78 bits per heavy atom. The van der Waals surface area contributed by atoms with Gasteiger partial charge in [-0.2, -0.15) is 0 Å². The van der Waals surface area contributed by atoms with Crippen molar-refractivity contribution in [1.29, 1.82) is 0 Å². The van der Waals surface area contributed by atoms with E-state index < -0.39 is 21.3 Å². The van der Waals surface area contributed by atoms with E-state index in [1.54, 1.807) is 0 Å². The van der Waals surface area contributed by atoms with E-state index >= 15 is 0 Å². The van der Waals surface area contributed by atoms with Crippen LogP contribution in [0.4, 0.5) is 17.1 Å². The fraction of sp³-hybridized carbons (Fsp3) is 0. The summed E-state index contributed by atoms with van der Waals surface area (Å²) in [5, 5.41) is 41.0. The lowest BCUT2D eigenvalue weighted by atomic mass is 10.2. The van der Waals surface area contributed by atoms with Crippen LogP contribution < -0.4 is 0 Å². The lowest BCUT2D eigenvalue weighted by Crippen LogP contribution is -1.92. The van der Waals surface area contributed by atoms with Gasteiger partial charge in [0, 0.05) is 34.4 Å². The summed E-state index contributed by atoms with van der Waals surface area (Å²) in [5.74, 6) is -0.914. The van der Waals surface area contributed by atoms with E-state index in [0.29, 0.717) is 4.47 Å². The summed E-state index contributed by atoms with van der Waals surface area (Å²) < 4.78 is 0.340. The lowest BCUT2D eigenvalue weighted by Gasteiger charge is -2.02. The highest BCUT2D eigenvalue weighted by Gasteiger charge is 2.18. The second kappa shape index (κ2) is 6.40. The summed E-state index contributed by atoms with van der Waals surface area (Å²) in [6.45, 7) is 0. The maximum Gasteiger partial charge on any atom is 0.312 e. The number of benzene rings is 2. The van der Waals surface area contributed by atoms with E-state index in [1.165, 1.54) is 6.07 Å². The van der Waals surface area contributed by atoms with Gasteiger partial charge < -0.3 is 10.2 Å². The Hall–Kier alpha value is -3.01. The Bertz CT molecular complexity index is 837. The molecule has 0 amide bonds. The summed E-state index contributed by atoms with van der Waals surface area (Å²) >= 11 is 3.07. The highest BCUT2D eigenvalue weighted by atomic mass is 79.9. The molecular weight excluding hydrogens is 374 g/mol. The van der Waals surface area contributed by atoms with E-state index in [-0.39, 0.29) is 22.7 Å². The molecule has 0 radical (unpaired) electrons. The van der Waals surface area contributed by atoms with E-state index in [2.05, 4.69) is 20.9 Å². The smallest absolute Gasteiger partial charge is 0.312 e. The van der Waals surface area contributed by atoms with Gasteiger partial charge in [0.05, 0.1) is 9.85 Å². The molecule has 0 bridgehead atoms. The number of phenols is 2. The minimum Gasteiger partial charge on any atom is -0.506 e. The zero-order valence-corrected chi connectivity index (χ0v) is 12.8. The molecule has 0 aromatic heterocycles. The van der Waals surface area contributed by atoms with Crippen LogP contribution in [0.3, 0.4) is 0 Å². The Kier molecular flexibility index (Phi) is 4.55. The molecule has 0 spiro atoms. The van der Waals surface area contributed by atoms with Gasteiger partial charge >= 0.3 is 5.69 Å². The number of hydrogen-bond donors (Lipinski definition) is 2. The monoisotopic (exact) mass is 381 g/mol. The molecule has 2 rings (SSSR count). The fourth-order valence-electron chi connectivity index (χ4n) is 1.71. The zero-order chi connectivity index (χ0) is 17.1. The average molecular weight is 382 g/mol. The van der Waals surface area contributed by atoms with Crippen LogP contribution in [0.1, 0.15) is 5.56 Å². The van der Waals surface area contributed by atoms with Gasteiger partial charge in [0.1, 0.15) is 11.4 Å². The number of nitrogens with zero attached hydrogens (tertiary/aromatic N) is 3. The van der Waals surface area contributed by atoms with E-state index in [0.717, 1.165) is 30.5 Å². The number of rotatable bonds is 4. The van der Waals surface area contributed by atoms with Crippen molar-refractivity contribution in [2.45, 2.75) is 0 Å². The van der Waals surface area contributed by atoms with Crippen molar-refractivity contribution < 1.29 is 20.1 Å². The normalized spacial score (nSPS) is 10.8. The molecule has 0 aliphatic heterocycles. The first-order valence-corrected chi connectivity index (χ1v) is 6.77. The van der Waals surface area contributed by atoms with Crippen LogP contribution in [0.15, 0.2) is 39.8 Å². The van der Waals surface area contributed by atoms with Crippen LogP contribution in [0, 0.1) is 20.2 Å². The third kappa shape index (κ3) is 3.61. The van der Waals surface area contributed by atoms with Crippen LogP contribution in [-0.2, 0) is 0 Å². The second-order valence-electron chi connectivity index (χ2n) is 4.31. The molecule has 2 N–H and O–H groups in total. The van der Waals surface area contributed by atoms with Gasteiger partial charge in [-0.25, -0.2) is 0 Å². The molecule has 0 atom stereocenters. The van der Waals surface area contributed by atoms with Crippen molar-refractivity contribution in [3.63, 3.8) is 0 Å². The van der Waals surface area contributed by atoms with Gasteiger partial charge in [-0.3, -0.25) is 25.2 Å². The van der Waals surface area contributed by atoms with Crippen LogP contribution >= 0.6 is 15.9 Å². The third-order valence-corrected chi connectivity index (χ3v) is 3.25. The molecule has 10 heteroatoms.